The monoisotopic (exact) mass is 216 g/mol. The molecular formula is C11H24N2O2. The zero-order chi connectivity index (χ0) is 11.8. The number of nitrogens with zero attached hydrogens (tertiary/aromatic N) is 1. The number of aliphatic hydroxyl groups is 1. The average molecular weight is 216 g/mol. The molecule has 0 saturated carbocycles. The van der Waals surface area contributed by atoms with Crippen LogP contribution in [0.4, 0.5) is 0 Å². The molecule has 0 aliphatic rings. The second kappa shape index (κ2) is 7.65. The van der Waals surface area contributed by atoms with Gasteiger partial charge in [-0.3, -0.25) is 4.79 Å². The van der Waals surface area contributed by atoms with Crippen LogP contribution in [0.25, 0.3) is 0 Å². The number of carbonyl (C=O) groups is 1. The van der Waals surface area contributed by atoms with Crippen molar-refractivity contribution in [2.75, 3.05) is 27.2 Å². The molecule has 90 valence electrons. The van der Waals surface area contributed by atoms with Crippen LogP contribution in [-0.2, 0) is 4.79 Å². The zero-order valence-corrected chi connectivity index (χ0v) is 10.3. The van der Waals surface area contributed by atoms with Crippen molar-refractivity contribution in [3.05, 3.63) is 0 Å². The molecule has 0 aliphatic heterocycles. The number of aliphatic hydroxyl groups excluding tert-OH is 1. The molecule has 0 bridgehead atoms. The van der Waals surface area contributed by atoms with Crippen molar-refractivity contribution in [3.8, 4) is 0 Å². The van der Waals surface area contributed by atoms with Crippen molar-refractivity contribution in [1.82, 2.24) is 10.2 Å². The molecule has 0 aliphatic carbocycles. The lowest BCUT2D eigenvalue weighted by atomic mass is 10.1. The second-order valence-corrected chi connectivity index (χ2v) is 4.38. The van der Waals surface area contributed by atoms with Gasteiger partial charge in [-0.1, -0.05) is 13.8 Å². The van der Waals surface area contributed by atoms with Crippen LogP contribution in [0.15, 0.2) is 0 Å². The topological polar surface area (TPSA) is 52.6 Å². The molecule has 0 aromatic heterocycles. The van der Waals surface area contributed by atoms with Gasteiger partial charge in [0.1, 0.15) is 0 Å². The Hall–Kier alpha value is -0.610. The fourth-order valence-electron chi connectivity index (χ4n) is 1.26. The fourth-order valence-corrected chi connectivity index (χ4v) is 1.26. The van der Waals surface area contributed by atoms with Gasteiger partial charge in [-0.25, -0.2) is 0 Å². The molecule has 4 heteroatoms. The Morgan fingerprint density at radius 3 is 2.40 bits per heavy atom. The van der Waals surface area contributed by atoms with Crippen molar-refractivity contribution in [3.63, 3.8) is 0 Å². The Morgan fingerprint density at radius 2 is 2.00 bits per heavy atom. The van der Waals surface area contributed by atoms with Gasteiger partial charge in [-0.15, -0.1) is 0 Å². The summed E-state index contributed by atoms with van der Waals surface area (Å²) in [5, 5.41) is 12.3. The van der Waals surface area contributed by atoms with E-state index in [0.717, 1.165) is 13.0 Å². The van der Waals surface area contributed by atoms with Crippen LogP contribution in [-0.4, -0.2) is 49.2 Å². The first-order chi connectivity index (χ1) is 6.99. The highest BCUT2D eigenvalue weighted by molar-refractivity contribution is 5.75. The van der Waals surface area contributed by atoms with Crippen LogP contribution in [0.5, 0.6) is 0 Å². The fraction of sp³-hybridized carbons (Fsp3) is 0.909. The SMILES string of the molecule is CC(C)[C@@H](CO)NCCCC(=O)N(C)C. The number of hydrogen-bond acceptors (Lipinski definition) is 3. The van der Waals surface area contributed by atoms with E-state index in [2.05, 4.69) is 19.2 Å². The van der Waals surface area contributed by atoms with Gasteiger partial charge in [0.15, 0.2) is 0 Å². The summed E-state index contributed by atoms with van der Waals surface area (Å²) in [6.07, 6.45) is 1.39. The van der Waals surface area contributed by atoms with Crippen LogP contribution in [0.1, 0.15) is 26.7 Å². The molecule has 0 aromatic carbocycles. The smallest absolute Gasteiger partial charge is 0.222 e. The van der Waals surface area contributed by atoms with E-state index in [-0.39, 0.29) is 18.6 Å². The minimum atomic E-state index is 0.138. The standard InChI is InChI=1S/C11H24N2O2/c1-9(2)10(8-14)12-7-5-6-11(15)13(3)4/h9-10,12,14H,5-8H2,1-4H3/t10-/m1/s1. The van der Waals surface area contributed by atoms with E-state index >= 15 is 0 Å². The summed E-state index contributed by atoms with van der Waals surface area (Å²) in [4.78, 5) is 12.8. The normalized spacial score (nSPS) is 12.9. The van der Waals surface area contributed by atoms with Crippen molar-refractivity contribution in [1.29, 1.82) is 0 Å². The van der Waals surface area contributed by atoms with Gasteiger partial charge in [-0.05, 0) is 18.9 Å². The van der Waals surface area contributed by atoms with Gasteiger partial charge in [-0.2, -0.15) is 0 Å². The first kappa shape index (κ1) is 14.4. The summed E-state index contributed by atoms with van der Waals surface area (Å²) in [6, 6.07) is 0.138. The molecule has 2 N–H and O–H groups in total. The first-order valence-corrected chi connectivity index (χ1v) is 5.53. The first-order valence-electron chi connectivity index (χ1n) is 5.53. The summed E-state index contributed by atoms with van der Waals surface area (Å²) in [5.41, 5.74) is 0. The number of carbonyl (C=O) groups excluding carboxylic acids is 1. The largest absolute Gasteiger partial charge is 0.395 e. The Bertz CT molecular complexity index is 181. The third kappa shape index (κ3) is 6.47. The summed E-state index contributed by atoms with van der Waals surface area (Å²) in [6.45, 7) is 5.07. The second-order valence-electron chi connectivity index (χ2n) is 4.38. The molecule has 1 amide bonds. The van der Waals surface area contributed by atoms with Gasteiger partial charge in [0.2, 0.25) is 5.91 Å². The summed E-state index contributed by atoms with van der Waals surface area (Å²) in [7, 11) is 3.53. The van der Waals surface area contributed by atoms with Gasteiger partial charge in [0.05, 0.1) is 6.61 Å². The van der Waals surface area contributed by atoms with Crippen molar-refractivity contribution < 1.29 is 9.90 Å². The summed E-state index contributed by atoms with van der Waals surface area (Å²) < 4.78 is 0. The molecule has 0 saturated heterocycles. The van der Waals surface area contributed by atoms with Crippen LogP contribution >= 0.6 is 0 Å². The van der Waals surface area contributed by atoms with E-state index < -0.39 is 0 Å². The summed E-state index contributed by atoms with van der Waals surface area (Å²) in [5.74, 6) is 0.571. The minimum Gasteiger partial charge on any atom is -0.395 e. The third-order valence-electron chi connectivity index (χ3n) is 2.47. The molecule has 1 atom stereocenters. The van der Waals surface area contributed by atoms with E-state index in [9.17, 15) is 4.79 Å². The maximum absolute atomic E-state index is 11.2. The molecule has 0 spiro atoms. The van der Waals surface area contributed by atoms with Crippen molar-refractivity contribution in [2.24, 2.45) is 5.92 Å². The average Bonchev–Trinajstić information content (AvgIpc) is 2.16. The van der Waals surface area contributed by atoms with E-state index in [1.807, 2.05) is 0 Å². The van der Waals surface area contributed by atoms with Crippen molar-refractivity contribution >= 4 is 5.91 Å². The van der Waals surface area contributed by atoms with Crippen LogP contribution in [0.2, 0.25) is 0 Å². The summed E-state index contributed by atoms with van der Waals surface area (Å²) >= 11 is 0. The minimum absolute atomic E-state index is 0.138. The highest BCUT2D eigenvalue weighted by Crippen LogP contribution is 2.01. The predicted octanol–water partition coefficient (Wildman–Crippen LogP) is 0.461. The van der Waals surface area contributed by atoms with Gasteiger partial charge in [0.25, 0.3) is 0 Å². The molecular weight excluding hydrogens is 192 g/mol. The maximum Gasteiger partial charge on any atom is 0.222 e. The molecule has 0 radical (unpaired) electrons. The quantitative estimate of drug-likeness (QED) is 0.608. The molecule has 0 aromatic rings. The van der Waals surface area contributed by atoms with Gasteiger partial charge < -0.3 is 15.3 Å². The van der Waals surface area contributed by atoms with Crippen molar-refractivity contribution in [2.45, 2.75) is 32.7 Å². The highest BCUT2D eigenvalue weighted by Gasteiger charge is 2.11. The molecule has 0 unspecified atom stereocenters. The molecule has 0 fully saturated rings. The molecule has 15 heavy (non-hydrogen) atoms. The van der Waals surface area contributed by atoms with Crippen LogP contribution in [0, 0.1) is 5.92 Å². The van der Waals surface area contributed by atoms with E-state index in [4.69, 9.17) is 5.11 Å². The molecule has 0 heterocycles. The Labute approximate surface area is 92.7 Å². The number of nitrogens with one attached hydrogen (secondary N) is 1. The van der Waals surface area contributed by atoms with E-state index in [1.54, 1.807) is 19.0 Å². The van der Waals surface area contributed by atoms with Crippen LogP contribution < -0.4 is 5.32 Å². The lowest BCUT2D eigenvalue weighted by Gasteiger charge is -2.20. The highest BCUT2D eigenvalue weighted by atomic mass is 16.3. The Balaban J connectivity index is 3.57. The predicted molar refractivity (Wildman–Crippen MR) is 61.6 cm³/mol. The lowest BCUT2D eigenvalue weighted by Crippen LogP contribution is -2.37. The van der Waals surface area contributed by atoms with E-state index in [1.165, 1.54) is 0 Å². The van der Waals surface area contributed by atoms with Gasteiger partial charge in [0, 0.05) is 26.6 Å². The van der Waals surface area contributed by atoms with E-state index in [0.29, 0.717) is 12.3 Å². The Morgan fingerprint density at radius 1 is 1.40 bits per heavy atom. The molecule has 0 rings (SSSR count). The molecule has 4 nitrogen and oxygen atoms in total. The third-order valence-corrected chi connectivity index (χ3v) is 2.47. The zero-order valence-electron chi connectivity index (χ0n) is 10.3. The Kier molecular flexibility index (Phi) is 7.34. The maximum atomic E-state index is 11.2. The van der Waals surface area contributed by atoms with Crippen LogP contribution in [0.3, 0.4) is 0 Å². The number of rotatable bonds is 7. The number of hydrogen-bond donors (Lipinski definition) is 2. The lowest BCUT2D eigenvalue weighted by molar-refractivity contribution is -0.128. The van der Waals surface area contributed by atoms with Gasteiger partial charge >= 0.3 is 0 Å². The number of amides is 1.